The Kier molecular flexibility index (Phi) is 7.65. The van der Waals surface area contributed by atoms with Crippen LogP contribution in [0.2, 0.25) is 0 Å². The third kappa shape index (κ3) is 6.37. The number of anilines is 3. The number of halogens is 3. The number of alkyl halides is 3. The summed E-state index contributed by atoms with van der Waals surface area (Å²) in [7, 11) is 0. The monoisotopic (exact) mass is 546 g/mol. The van der Waals surface area contributed by atoms with Gasteiger partial charge in [0.05, 0.1) is 17.8 Å². The van der Waals surface area contributed by atoms with Crippen LogP contribution in [0.15, 0.2) is 60.7 Å². The minimum Gasteiger partial charge on any atom is -0.370 e. The Bertz CT molecular complexity index is 1500. The topological polar surface area (TPSA) is 73.4 Å². The van der Waals surface area contributed by atoms with E-state index in [1.54, 1.807) is 41.7 Å². The molecule has 2 aliphatic rings. The van der Waals surface area contributed by atoms with Crippen molar-refractivity contribution in [2.75, 3.05) is 34.9 Å². The molecule has 0 radical (unpaired) electrons. The highest BCUT2D eigenvalue weighted by Crippen LogP contribution is 2.35. The van der Waals surface area contributed by atoms with Gasteiger partial charge in [0.2, 0.25) is 5.95 Å². The molecule has 3 heterocycles. The molecule has 1 fully saturated rings. The van der Waals surface area contributed by atoms with Gasteiger partial charge >= 0.3 is 6.18 Å². The Hall–Kier alpha value is -4.52. The number of hydrogen-bond donors (Lipinski definition) is 2. The smallest absolute Gasteiger partial charge is 0.370 e. The number of nitrogens with zero attached hydrogens (tertiary/aromatic N) is 4. The largest absolute Gasteiger partial charge is 0.416 e. The lowest BCUT2D eigenvalue weighted by Crippen LogP contribution is -2.30. The molecule has 3 aromatic rings. The van der Waals surface area contributed by atoms with Gasteiger partial charge in [-0.1, -0.05) is 17.9 Å². The Morgan fingerprint density at radius 1 is 1.00 bits per heavy atom. The highest BCUT2D eigenvalue weighted by Gasteiger charge is 2.32. The second kappa shape index (κ2) is 11.3. The van der Waals surface area contributed by atoms with Crippen LogP contribution < -0.4 is 20.4 Å². The fraction of sp³-hybridized carbons (Fsp3) is 0.300. The third-order valence-corrected chi connectivity index (χ3v) is 6.83. The number of hydrogen-bond acceptors (Lipinski definition) is 6. The van der Waals surface area contributed by atoms with E-state index in [2.05, 4.69) is 37.3 Å². The maximum absolute atomic E-state index is 13.6. The van der Waals surface area contributed by atoms with E-state index in [0.29, 0.717) is 29.4 Å². The number of benzene rings is 2. The van der Waals surface area contributed by atoms with Gasteiger partial charge in [-0.3, -0.25) is 4.79 Å². The second-order valence-corrected chi connectivity index (χ2v) is 9.94. The molecule has 0 spiro atoms. The zero-order valence-corrected chi connectivity index (χ0v) is 22.3. The van der Waals surface area contributed by atoms with Gasteiger partial charge in [0.25, 0.3) is 5.91 Å². The Balaban J connectivity index is 1.34. The lowest BCUT2D eigenvalue weighted by molar-refractivity contribution is -0.137. The van der Waals surface area contributed by atoms with E-state index >= 15 is 0 Å². The molecule has 2 N–H and O–H groups in total. The van der Waals surface area contributed by atoms with E-state index in [1.807, 2.05) is 13.8 Å². The number of carbonyl (C=O) groups excluding carboxylic acids is 1. The summed E-state index contributed by atoms with van der Waals surface area (Å²) >= 11 is 0. The van der Waals surface area contributed by atoms with Crippen molar-refractivity contribution in [3.63, 3.8) is 0 Å². The molecule has 40 heavy (non-hydrogen) atoms. The summed E-state index contributed by atoms with van der Waals surface area (Å²) in [6, 6.07) is 8.53. The summed E-state index contributed by atoms with van der Waals surface area (Å²) in [5, 5.41) is 5.68. The van der Waals surface area contributed by atoms with Crippen LogP contribution in [0.5, 0.6) is 0 Å². The van der Waals surface area contributed by atoms with Crippen molar-refractivity contribution in [3.8, 4) is 11.8 Å². The number of piperidine rings is 1. The predicted octanol–water partition coefficient (Wildman–Crippen LogP) is 5.67. The molecule has 1 amide bonds. The van der Waals surface area contributed by atoms with Crippen LogP contribution in [0.3, 0.4) is 0 Å². The second-order valence-electron chi connectivity index (χ2n) is 9.94. The van der Waals surface area contributed by atoms with Crippen LogP contribution in [0, 0.1) is 18.8 Å². The number of allylic oxidation sites excluding steroid dienone is 1. The zero-order valence-electron chi connectivity index (χ0n) is 22.3. The normalized spacial score (nSPS) is 15.2. The average molecular weight is 547 g/mol. The molecule has 7 nitrogen and oxygen atoms in total. The van der Waals surface area contributed by atoms with Crippen molar-refractivity contribution in [3.05, 3.63) is 88.5 Å². The van der Waals surface area contributed by atoms with E-state index in [-0.39, 0.29) is 11.3 Å². The number of carbonyl (C=O) groups is 1. The standard InChI is InChI=1S/C30H29F3N6O/c1-20-6-8-24(12-23(20)9-7-22-16-34-29(35-17-22)38-10-4-3-5-11-38)28(40)37-26-13-25(30(31,32)33)14-27(15-26)39-18-21(2)36-19-39/h6,8,12-18,36H,3-5,10-11,19H2,1-2H3,(H,37,40). The molecular weight excluding hydrogens is 517 g/mol. The first-order valence-electron chi connectivity index (χ1n) is 13.1. The maximum Gasteiger partial charge on any atom is 0.416 e. The molecule has 206 valence electrons. The van der Waals surface area contributed by atoms with Crippen molar-refractivity contribution in [2.45, 2.75) is 39.3 Å². The third-order valence-electron chi connectivity index (χ3n) is 6.83. The SMILES string of the molecule is CC1=CN(c2cc(NC(=O)c3ccc(C)c(C#Cc4cnc(N5CCCCC5)nc4)c3)cc(C(F)(F)F)c2)CN1. The Morgan fingerprint density at radius 2 is 1.75 bits per heavy atom. The van der Waals surface area contributed by atoms with Gasteiger partial charge in [-0.15, -0.1) is 0 Å². The summed E-state index contributed by atoms with van der Waals surface area (Å²) in [4.78, 5) is 25.8. The molecule has 10 heteroatoms. The molecule has 1 aromatic heterocycles. The Morgan fingerprint density at radius 3 is 2.42 bits per heavy atom. The number of aromatic nitrogens is 2. The molecule has 2 aliphatic heterocycles. The first-order valence-corrected chi connectivity index (χ1v) is 13.1. The van der Waals surface area contributed by atoms with Crippen molar-refractivity contribution in [1.29, 1.82) is 0 Å². The molecule has 0 atom stereocenters. The van der Waals surface area contributed by atoms with Crippen molar-refractivity contribution in [2.24, 2.45) is 0 Å². The average Bonchev–Trinajstić information content (AvgIpc) is 3.39. The van der Waals surface area contributed by atoms with Gasteiger partial charge in [0, 0.05) is 59.9 Å². The quantitative estimate of drug-likeness (QED) is 0.411. The lowest BCUT2D eigenvalue weighted by atomic mass is 10.0. The molecule has 0 unspecified atom stereocenters. The molecule has 0 aliphatic carbocycles. The van der Waals surface area contributed by atoms with E-state index < -0.39 is 17.6 Å². The maximum atomic E-state index is 13.6. The van der Waals surface area contributed by atoms with Crippen LogP contribution in [0.25, 0.3) is 0 Å². The van der Waals surface area contributed by atoms with E-state index in [1.165, 1.54) is 12.5 Å². The summed E-state index contributed by atoms with van der Waals surface area (Å²) in [5.74, 6) is 6.29. The molecule has 0 saturated carbocycles. The zero-order chi connectivity index (χ0) is 28.3. The van der Waals surface area contributed by atoms with Crippen LogP contribution >= 0.6 is 0 Å². The van der Waals surface area contributed by atoms with E-state index in [0.717, 1.165) is 49.3 Å². The minimum atomic E-state index is -4.57. The van der Waals surface area contributed by atoms with Crippen molar-refractivity contribution in [1.82, 2.24) is 15.3 Å². The van der Waals surface area contributed by atoms with Crippen LogP contribution in [0.1, 0.15) is 58.8 Å². The molecular formula is C30H29F3N6O. The van der Waals surface area contributed by atoms with Crippen molar-refractivity contribution >= 4 is 23.2 Å². The van der Waals surface area contributed by atoms with Gasteiger partial charge in [-0.2, -0.15) is 13.2 Å². The van der Waals surface area contributed by atoms with Crippen LogP contribution in [0.4, 0.5) is 30.5 Å². The van der Waals surface area contributed by atoms with Crippen LogP contribution in [-0.4, -0.2) is 35.6 Å². The van der Waals surface area contributed by atoms with Gasteiger partial charge in [-0.25, -0.2) is 9.97 Å². The van der Waals surface area contributed by atoms with Crippen molar-refractivity contribution < 1.29 is 18.0 Å². The van der Waals surface area contributed by atoms with Gasteiger partial charge in [0.15, 0.2) is 0 Å². The predicted molar refractivity (Wildman–Crippen MR) is 149 cm³/mol. The summed E-state index contributed by atoms with van der Waals surface area (Å²) in [6.45, 7) is 5.94. The highest BCUT2D eigenvalue weighted by atomic mass is 19.4. The molecule has 1 saturated heterocycles. The highest BCUT2D eigenvalue weighted by molar-refractivity contribution is 6.04. The van der Waals surface area contributed by atoms with E-state index in [4.69, 9.17) is 0 Å². The molecule has 2 aromatic carbocycles. The Labute approximate surface area is 231 Å². The molecule has 0 bridgehead atoms. The summed E-state index contributed by atoms with van der Waals surface area (Å²) in [6.07, 6.45) is 4.03. The van der Waals surface area contributed by atoms with E-state index in [9.17, 15) is 18.0 Å². The van der Waals surface area contributed by atoms with Gasteiger partial charge < -0.3 is 20.4 Å². The number of rotatable bonds is 4. The first kappa shape index (κ1) is 27.1. The van der Waals surface area contributed by atoms with Gasteiger partial charge in [0.1, 0.15) is 0 Å². The number of amides is 1. The summed E-state index contributed by atoms with van der Waals surface area (Å²) in [5.41, 5.74) is 2.77. The first-order chi connectivity index (χ1) is 19.2. The summed E-state index contributed by atoms with van der Waals surface area (Å²) < 4.78 is 40.9. The van der Waals surface area contributed by atoms with Gasteiger partial charge in [-0.05, 0) is 69.0 Å². The van der Waals surface area contributed by atoms with Crippen LogP contribution in [-0.2, 0) is 6.18 Å². The number of aryl methyl sites for hydroxylation is 1. The lowest BCUT2D eigenvalue weighted by Gasteiger charge is -2.26. The molecule has 5 rings (SSSR count). The fourth-order valence-electron chi connectivity index (χ4n) is 4.60. The number of nitrogens with one attached hydrogen (secondary N) is 2. The minimum absolute atomic E-state index is 0.0481. The fourth-order valence-corrected chi connectivity index (χ4v) is 4.60.